The first kappa shape index (κ1) is 16.6. The number of aliphatic hydroxyl groups is 1. The van der Waals surface area contributed by atoms with Crippen LogP contribution in [-0.4, -0.2) is 20.1 Å². The van der Waals surface area contributed by atoms with Crippen LogP contribution in [0.2, 0.25) is 0 Å². The molecule has 2 N–H and O–H groups in total. The summed E-state index contributed by atoms with van der Waals surface area (Å²) in [7, 11) is -3.49. The van der Waals surface area contributed by atoms with Crippen LogP contribution in [0.5, 0.6) is 0 Å². The van der Waals surface area contributed by atoms with Crippen LogP contribution >= 0.6 is 15.9 Å². The van der Waals surface area contributed by atoms with Crippen LogP contribution in [0.15, 0.2) is 27.6 Å². The average molecular weight is 350 g/mol. The fourth-order valence-corrected chi connectivity index (χ4v) is 3.85. The van der Waals surface area contributed by atoms with E-state index >= 15 is 0 Å². The fourth-order valence-electron chi connectivity index (χ4n) is 1.66. The second kappa shape index (κ2) is 7.38. The standard InChI is InChI=1S/C13H20BrNO3S/c1-10(2)4-3-7-15-19(17,18)13-6-5-11(9-16)8-12(13)14/h5-6,8,10,15-16H,3-4,7,9H2,1-2H3. The van der Waals surface area contributed by atoms with Crippen molar-refractivity contribution in [1.82, 2.24) is 4.72 Å². The van der Waals surface area contributed by atoms with Crippen LogP contribution < -0.4 is 4.72 Å². The van der Waals surface area contributed by atoms with Crippen molar-refractivity contribution >= 4 is 26.0 Å². The van der Waals surface area contributed by atoms with Gasteiger partial charge in [0.15, 0.2) is 0 Å². The molecule has 1 aromatic carbocycles. The van der Waals surface area contributed by atoms with Crippen LogP contribution in [0.1, 0.15) is 32.3 Å². The Hall–Kier alpha value is -0.430. The van der Waals surface area contributed by atoms with E-state index in [0.29, 0.717) is 22.5 Å². The van der Waals surface area contributed by atoms with Gasteiger partial charge in [0.25, 0.3) is 0 Å². The van der Waals surface area contributed by atoms with E-state index in [1.165, 1.54) is 6.07 Å². The van der Waals surface area contributed by atoms with Crippen molar-refractivity contribution in [3.05, 3.63) is 28.2 Å². The summed E-state index contributed by atoms with van der Waals surface area (Å²) in [6.45, 7) is 4.55. The normalized spacial score (nSPS) is 12.1. The van der Waals surface area contributed by atoms with Gasteiger partial charge in [0, 0.05) is 11.0 Å². The third-order valence-corrected chi connectivity index (χ3v) is 5.16. The molecule has 0 aliphatic rings. The summed E-state index contributed by atoms with van der Waals surface area (Å²) in [6.07, 6.45) is 1.82. The van der Waals surface area contributed by atoms with Gasteiger partial charge in [-0.3, -0.25) is 0 Å². The maximum Gasteiger partial charge on any atom is 0.241 e. The maximum atomic E-state index is 12.1. The lowest BCUT2D eigenvalue weighted by Gasteiger charge is -2.10. The van der Waals surface area contributed by atoms with E-state index in [9.17, 15) is 8.42 Å². The summed E-state index contributed by atoms with van der Waals surface area (Å²) >= 11 is 3.23. The van der Waals surface area contributed by atoms with Crippen molar-refractivity contribution in [1.29, 1.82) is 0 Å². The Morgan fingerprint density at radius 3 is 2.58 bits per heavy atom. The number of benzene rings is 1. The van der Waals surface area contributed by atoms with Crippen molar-refractivity contribution in [2.45, 2.75) is 38.2 Å². The molecule has 108 valence electrons. The van der Waals surface area contributed by atoms with Crippen molar-refractivity contribution in [2.75, 3.05) is 6.54 Å². The van der Waals surface area contributed by atoms with E-state index in [1.54, 1.807) is 12.1 Å². The summed E-state index contributed by atoms with van der Waals surface area (Å²) in [6, 6.07) is 4.72. The Bertz CT molecular complexity index is 515. The smallest absolute Gasteiger partial charge is 0.241 e. The number of rotatable bonds is 7. The molecule has 0 heterocycles. The van der Waals surface area contributed by atoms with Gasteiger partial charge in [-0.15, -0.1) is 0 Å². The summed E-state index contributed by atoms with van der Waals surface area (Å²) < 4.78 is 27.2. The molecule has 0 atom stereocenters. The largest absolute Gasteiger partial charge is 0.392 e. The van der Waals surface area contributed by atoms with Crippen molar-refractivity contribution in [3.63, 3.8) is 0 Å². The van der Waals surface area contributed by atoms with E-state index in [1.807, 2.05) is 0 Å². The first-order valence-electron chi connectivity index (χ1n) is 6.25. The molecule has 0 aromatic heterocycles. The van der Waals surface area contributed by atoms with Crippen LogP contribution in [0.25, 0.3) is 0 Å². The molecule has 0 bridgehead atoms. The molecule has 0 saturated heterocycles. The number of nitrogens with one attached hydrogen (secondary N) is 1. The summed E-state index contributed by atoms with van der Waals surface area (Å²) in [5.74, 6) is 0.570. The molecule has 6 heteroatoms. The van der Waals surface area contributed by atoms with Gasteiger partial charge >= 0.3 is 0 Å². The number of hydrogen-bond acceptors (Lipinski definition) is 3. The molecule has 0 radical (unpaired) electrons. The zero-order valence-electron chi connectivity index (χ0n) is 11.2. The summed E-state index contributed by atoms with van der Waals surface area (Å²) in [5, 5.41) is 9.00. The molecular formula is C13H20BrNO3S. The minimum Gasteiger partial charge on any atom is -0.392 e. The summed E-state index contributed by atoms with van der Waals surface area (Å²) in [5.41, 5.74) is 0.672. The number of aliphatic hydroxyl groups excluding tert-OH is 1. The van der Waals surface area contributed by atoms with E-state index in [2.05, 4.69) is 34.5 Å². The monoisotopic (exact) mass is 349 g/mol. The number of halogens is 1. The zero-order valence-corrected chi connectivity index (χ0v) is 13.6. The molecule has 19 heavy (non-hydrogen) atoms. The predicted molar refractivity (Wildman–Crippen MR) is 79.3 cm³/mol. The molecular weight excluding hydrogens is 330 g/mol. The highest BCUT2D eigenvalue weighted by Gasteiger charge is 2.17. The van der Waals surface area contributed by atoms with Gasteiger partial charge in [-0.1, -0.05) is 19.9 Å². The topological polar surface area (TPSA) is 66.4 Å². The van der Waals surface area contributed by atoms with Crippen molar-refractivity contribution < 1.29 is 13.5 Å². The van der Waals surface area contributed by atoms with Crippen LogP contribution in [-0.2, 0) is 16.6 Å². The predicted octanol–water partition coefficient (Wildman–Crippen LogP) is 2.66. The zero-order chi connectivity index (χ0) is 14.5. The van der Waals surface area contributed by atoms with Gasteiger partial charge in [0.05, 0.1) is 11.5 Å². The van der Waals surface area contributed by atoms with Crippen molar-refractivity contribution in [3.8, 4) is 0 Å². The summed E-state index contributed by atoms with van der Waals surface area (Å²) in [4.78, 5) is 0.203. The molecule has 0 amide bonds. The molecule has 1 aromatic rings. The van der Waals surface area contributed by atoms with Gasteiger partial charge in [0.2, 0.25) is 10.0 Å². The number of sulfonamides is 1. The Morgan fingerprint density at radius 2 is 2.05 bits per heavy atom. The lowest BCUT2D eigenvalue weighted by molar-refractivity contribution is 0.281. The molecule has 1 rings (SSSR count). The van der Waals surface area contributed by atoms with Crippen LogP contribution in [0.4, 0.5) is 0 Å². The fraction of sp³-hybridized carbons (Fsp3) is 0.538. The van der Waals surface area contributed by atoms with Crippen molar-refractivity contribution in [2.24, 2.45) is 5.92 Å². The minimum atomic E-state index is -3.49. The SMILES string of the molecule is CC(C)CCCNS(=O)(=O)c1ccc(CO)cc1Br. The first-order valence-corrected chi connectivity index (χ1v) is 8.53. The Morgan fingerprint density at radius 1 is 1.37 bits per heavy atom. The molecule has 0 aliphatic carbocycles. The second-order valence-electron chi connectivity index (χ2n) is 4.86. The highest BCUT2D eigenvalue weighted by molar-refractivity contribution is 9.10. The van der Waals surface area contributed by atoms with Gasteiger partial charge in [-0.05, 0) is 52.4 Å². The number of hydrogen-bond donors (Lipinski definition) is 2. The van der Waals surface area contributed by atoms with Gasteiger partial charge in [-0.25, -0.2) is 13.1 Å². The molecule has 0 unspecified atom stereocenters. The van der Waals surface area contributed by atoms with Gasteiger partial charge in [-0.2, -0.15) is 0 Å². The van der Waals surface area contributed by atoms with Crippen LogP contribution in [0.3, 0.4) is 0 Å². The Labute approximate surface area is 123 Å². The molecule has 0 saturated carbocycles. The third-order valence-electron chi connectivity index (χ3n) is 2.72. The minimum absolute atomic E-state index is 0.110. The molecule has 0 spiro atoms. The van der Waals surface area contributed by atoms with E-state index in [-0.39, 0.29) is 11.5 Å². The van der Waals surface area contributed by atoms with E-state index in [0.717, 1.165) is 12.8 Å². The van der Waals surface area contributed by atoms with E-state index < -0.39 is 10.0 Å². The highest BCUT2D eigenvalue weighted by Crippen LogP contribution is 2.23. The van der Waals surface area contributed by atoms with E-state index in [4.69, 9.17) is 5.11 Å². The van der Waals surface area contributed by atoms with Gasteiger partial charge in [0.1, 0.15) is 0 Å². The quantitative estimate of drug-likeness (QED) is 0.743. The molecule has 4 nitrogen and oxygen atoms in total. The average Bonchev–Trinajstić information content (AvgIpc) is 2.34. The molecule has 0 aliphatic heterocycles. The Balaban J connectivity index is 2.72. The first-order chi connectivity index (χ1) is 8.86. The Kier molecular flexibility index (Phi) is 6.46. The van der Waals surface area contributed by atoms with Crippen LogP contribution in [0, 0.1) is 5.92 Å². The lowest BCUT2D eigenvalue weighted by atomic mass is 10.1. The lowest BCUT2D eigenvalue weighted by Crippen LogP contribution is -2.25. The molecule has 0 fully saturated rings. The third kappa shape index (κ3) is 5.22. The second-order valence-corrected chi connectivity index (χ2v) is 7.45. The highest BCUT2D eigenvalue weighted by atomic mass is 79.9. The van der Waals surface area contributed by atoms with Gasteiger partial charge < -0.3 is 5.11 Å². The maximum absolute atomic E-state index is 12.1.